The lowest BCUT2D eigenvalue weighted by atomic mass is 9.84. The van der Waals surface area contributed by atoms with Gasteiger partial charge in [0.15, 0.2) is 0 Å². The minimum atomic E-state index is 0. The van der Waals surface area contributed by atoms with Gasteiger partial charge in [0.25, 0.3) is 0 Å². The highest BCUT2D eigenvalue weighted by molar-refractivity contribution is 5.85. The standard InChI is InChI=1S/C18H36N4O.2ClH/c1-15(16-4-8-19-9-5-16)14-18(23)20-10-13-22-11-6-17(7-12-22)21(2)3;;/h15-17,19H,4-14H2,1-3H3,(H,20,23);2*1H. The van der Waals surface area contributed by atoms with Crippen molar-refractivity contribution in [1.29, 1.82) is 0 Å². The van der Waals surface area contributed by atoms with Crippen LogP contribution in [0.15, 0.2) is 0 Å². The monoisotopic (exact) mass is 396 g/mol. The maximum Gasteiger partial charge on any atom is 0.220 e. The van der Waals surface area contributed by atoms with Crippen molar-refractivity contribution in [3.63, 3.8) is 0 Å². The molecule has 7 heteroatoms. The van der Waals surface area contributed by atoms with Crippen molar-refractivity contribution in [2.75, 3.05) is 53.4 Å². The summed E-state index contributed by atoms with van der Waals surface area (Å²) < 4.78 is 0. The maximum absolute atomic E-state index is 12.1. The number of hydrogen-bond acceptors (Lipinski definition) is 4. The molecule has 5 nitrogen and oxygen atoms in total. The number of carbonyl (C=O) groups is 1. The predicted molar refractivity (Wildman–Crippen MR) is 110 cm³/mol. The van der Waals surface area contributed by atoms with Crippen molar-refractivity contribution in [2.24, 2.45) is 11.8 Å². The van der Waals surface area contributed by atoms with Crippen LogP contribution < -0.4 is 10.6 Å². The van der Waals surface area contributed by atoms with E-state index in [1.807, 2.05) is 0 Å². The van der Waals surface area contributed by atoms with E-state index in [9.17, 15) is 4.79 Å². The van der Waals surface area contributed by atoms with E-state index >= 15 is 0 Å². The van der Waals surface area contributed by atoms with Gasteiger partial charge in [-0.25, -0.2) is 0 Å². The Morgan fingerprint density at radius 1 is 1.16 bits per heavy atom. The van der Waals surface area contributed by atoms with E-state index in [2.05, 4.69) is 41.5 Å². The molecule has 0 radical (unpaired) electrons. The summed E-state index contributed by atoms with van der Waals surface area (Å²) in [4.78, 5) is 16.9. The first kappa shape index (κ1) is 24.9. The molecule has 0 aromatic heterocycles. The molecule has 2 rings (SSSR count). The van der Waals surface area contributed by atoms with Crippen molar-refractivity contribution in [2.45, 2.75) is 45.1 Å². The minimum absolute atomic E-state index is 0. The SMILES string of the molecule is CC(CC(=O)NCCN1CCC(N(C)C)CC1)C1CCNCC1.Cl.Cl. The van der Waals surface area contributed by atoms with E-state index in [0.717, 1.165) is 45.3 Å². The molecule has 0 aliphatic carbocycles. The van der Waals surface area contributed by atoms with Gasteiger partial charge in [0.05, 0.1) is 0 Å². The molecule has 2 heterocycles. The summed E-state index contributed by atoms with van der Waals surface area (Å²) in [7, 11) is 4.34. The number of likely N-dealkylation sites (tertiary alicyclic amines) is 1. The van der Waals surface area contributed by atoms with Crippen LogP contribution in [0.5, 0.6) is 0 Å². The maximum atomic E-state index is 12.1. The second-order valence-electron chi connectivity index (χ2n) is 7.66. The van der Waals surface area contributed by atoms with Crippen molar-refractivity contribution in [1.82, 2.24) is 20.4 Å². The van der Waals surface area contributed by atoms with E-state index in [1.165, 1.54) is 25.7 Å². The summed E-state index contributed by atoms with van der Waals surface area (Å²) in [5.41, 5.74) is 0. The summed E-state index contributed by atoms with van der Waals surface area (Å²) in [6.07, 6.45) is 5.61. The van der Waals surface area contributed by atoms with Gasteiger partial charge in [-0.2, -0.15) is 0 Å². The van der Waals surface area contributed by atoms with Gasteiger partial charge in [0, 0.05) is 25.6 Å². The molecule has 2 fully saturated rings. The van der Waals surface area contributed by atoms with Crippen molar-refractivity contribution in [3.05, 3.63) is 0 Å². The molecular formula is C18H38Cl2N4O. The fraction of sp³-hybridized carbons (Fsp3) is 0.944. The zero-order valence-corrected chi connectivity index (χ0v) is 17.8. The van der Waals surface area contributed by atoms with Crippen molar-refractivity contribution < 1.29 is 4.79 Å². The largest absolute Gasteiger partial charge is 0.355 e. The molecule has 1 unspecified atom stereocenters. The Hall–Kier alpha value is -0.0700. The van der Waals surface area contributed by atoms with Gasteiger partial charge >= 0.3 is 0 Å². The Morgan fingerprint density at radius 3 is 2.32 bits per heavy atom. The molecule has 2 saturated heterocycles. The Kier molecular flexibility index (Phi) is 13.1. The highest BCUT2D eigenvalue weighted by Gasteiger charge is 2.22. The third-order valence-corrected chi connectivity index (χ3v) is 5.73. The molecule has 0 bridgehead atoms. The highest BCUT2D eigenvalue weighted by atomic mass is 35.5. The molecule has 25 heavy (non-hydrogen) atoms. The van der Waals surface area contributed by atoms with Crippen LogP contribution in [0.25, 0.3) is 0 Å². The third kappa shape index (κ3) is 8.91. The van der Waals surface area contributed by atoms with Crippen LogP contribution >= 0.6 is 24.8 Å². The molecule has 0 aromatic rings. The fourth-order valence-electron chi connectivity index (χ4n) is 3.96. The summed E-state index contributed by atoms with van der Waals surface area (Å²) in [6, 6.07) is 0.728. The lowest BCUT2D eigenvalue weighted by Gasteiger charge is -2.35. The lowest BCUT2D eigenvalue weighted by Crippen LogP contribution is -2.44. The average Bonchev–Trinajstić information content (AvgIpc) is 2.56. The topological polar surface area (TPSA) is 47.6 Å². The normalized spacial score (nSPS) is 21.3. The first-order valence-corrected chi connectivity index (χ1v) is 9.42. The van der Waals surface area contributed by atoms with Crippen LogP contribution in [0.4, 0.5) is 0 Å². The van der Waals surface area contributed by atoms with Gasteiger partial charge in [0.1, 0.15) is 0 Å². The third-order valence-electron chi connectivity index (χ3n) is 5.73. The van der Waals surface area contributed by atoms with Crippen LogP contribution in [-0.4, -0.2) is 75.1 Å². The van der Waals surface area contributed by atoms with E-state index in [1.54, 1.807) is 0 Å². The summed E-state index contributed by atoms with van der Waals surface area (Å²) in [6.45, 7) is 8.56. The summed E-state index contributed by atoms with van der Waals surface area (Å²) in [5, 5.41) is 6.52. The van der Waals surface area contributed by atoms with E-state index < -0.39 is 0 Å². The van der Waals surface area contributed by atoms with Crippen LogP contribution in [0.2, 0.25) is 0 Å². The number of carbonyl (C=O) groups excluding carboxylic acids is 1. The molecule has 0 aromatic carbocycles. The van der Waals surface area contributed by atoms with E-state index in [0.29, 0.717) is 18.3 Å². The Balaban J connectivity index is 0.00000288. The lowest BCUT2D eigenvalue weighted by molar-refractivity contribution is -0.122. The summed E-state index contributed by atoms with van der Waals surface area (Å²) in [5.74, 6) is 1.46. The van der Waals surface area contributed by atoms with Gasteiger partial charge in [-0.05, 0) is 77.8 Å². The van der Waals surface area contributed by atoms with E-state index in [-0.39, 0.29) is 30.7 Å². The second kappa shape index (κ2) is 13.2. The quantitative estimate of drug-likeness (QED) is 0.690. The van der Waals surface area contributed by atoms with Crippen LogP contribution in [0, 0.1) is 11.8 Å². The second-order valence-corrected chi connectivity index (χ2v) is 7.66. The number of nitrogens with one attached hydrogen (secondary N) is 2. The smallest absolute Gasteiger partial charge is 0.220 e. The predicted octanol–water partition coefficient (Wildman–Crippen LogP) is 2.00. The molecule has 0 saturated carbocycles. The Bertz CT molecular complexity index is 357. The van der Waals surface area contributed by atoms with Crippen molar-refractivity contribution in [3.8, 4) is 0 Å². The molecule has 2 aliphatic heterocycles. The molecule has 150 valence electrons. The van der Waals surface area contributed by atoms with E-state index in [4.69, 9.17) is 0 Å². The fourth-order valence-corrected chi connectivity index (χ4v) is 3.96. The van der Waals surface area contributed by atoms with Crippen LogP contribution in [0.3, 0.4) is 0 Å². The van der Waals surface area contributed by atoms with Gasteiger partial charge in [-0.1, -0.05) is 6.92 Å². The van der Waals surface area contributed by atoms with Gasteiger partial charge in [-0.3, -0.25) is 4.79 Å². The van der Waals surface area contributed by atoms with Crippen LogP contribution in [-0.2, 0) is 4.79 Å². The molecule has 2 aliphatic rings. The number of amides is 1. The van der Waals surface area contributed by atoms with Crippen molar-refractivity contribution >= 4 is 30.7 Å². The van der Waals surface area contributed by atoms with Crippen LogP contribution in [0.1, 0.15) is 39.0 Å². The number of halogens is 2. The molecule has 2 N–H and O–H groups in total. The zero-order chi connectivity index (χ0) is 16.7. The van der Waals surface area contributed by atoms with Gasteiger partial charge in [-0.15, -0.1) is 24.8 Å². The highest BCUT2D eigenvalue weighted by Crippen LogP contribution is 2.24. The summed E-state index contributed by atoms with van der Waals surface area (Å²) >= 11 is 0. The van der Waals surface area contributed by atoms with Gasteiger partial charge in [0.2, 0.25) is 5.91 Å². The number of piperidine rings is 2. The molecule has 1 amide bonds. The molecule has 1 atom stereocenters. The number of hydrogen-bond donors (Lipinski definition) is 2. The number of nitrogens with zero attached hydrogens (tertiary/aromatic N) is 2. The Labute approximate surface area is 166 Å². The average molecular weight is 397 g/mol. The minimum Gasteiger partial charge on any atom is -0.355 e. The zero-order valence-electron chi connectivity index (χ0n) is 16.1. The first-order valence-electron chi connectivity index (χ1n) is 9.42. The first-order chi connectivity index (χ1) is 11.1. The molecular weight excluding hydrogens is 359 g/mol. The van der Waals surface area contributed by atoms with Gasteiger partial charge < -0.3 is 20.4 Å². The number of rotatable bonds is 7. The Morgan fingerprint density at radius 2 is 1.76 bits per heavy atom. The molecule has 0 spiro atoms.